The average molecular weight is 304 g/mol. The van der Waals surface area contributed by atoms with Crippen LogP contribution in [0.25, 0.3) is 0 Å². The Labute approximate surface area is 124 Å². The van der Waals surface area contributed by atoms with Crippen molar-refractivity contribution >= 4 is 15.9 Å². The van der Waals surface area contributed by atoms with E-state index in [4.69, 9.17) is 4.55 Å². The molecule has 0 atom stereocenters. The van der Waals surface area contributed by atoms with E-state index in [-0.39, 0.29) is 16.2 Å². The molecule has 0 saturated carbocycles. The lowest BCUT2D eigenvalue weighted by Crippen LogP contribution is -2.06. The molecule has 0 unspecified atom stereocenters. The standard InChI is InChI=1S/C16H16O4S/c1-3-12-8-7-11(2)15(9-12)16(17)13-5-4-6-14(10-13)21(18,19)20/h4-10H,3H2,1-2H3,(H,18,19,20). The van der Waals surface area contributed by atoms with Crippen molar-refractivity contribution in [1.29, 1.82) is 0 Å². The summed E-state index contributed by atoms with van der Waals surface area (Å²) in [5.41, 5.74) is 2.65. The van der Waals surface area contributed by atoms with Crippen molar-refractivity contribution in [2.75, 3.05) is 0 Å². The molecule has 0 aliphatic carbocycles. The number of rotatable bonds is 4. The lowest BCUT2D eigenvalue weighted by molar-refractivity contribution is 0.103. The van der Waals surface area contributed by atoms with Crippen molar-refractivity contribution < 1.29 is 17.8 Å². The van der Waals surface area contributed by atoms with Gasteiger partial charge in [-0.15, -0.1) is 0 Å². The Hall–Kier alpha value is -1.98. The number of benzene rings is 2. The van der Waals surface area contributed by atoms with Crippen LogP contribution in [-0.2, 0) is 16.5 Å². The van der Waals surface area contributed by atoms with E-state index >= 15 is 0 Å². The second kappa shape index (κ2) is 5.79. The summed E-state index contributed by atoms with van der Waals surface area (Å²) in [6.07, 6.45) is 0.811. The summed E-state index contributed by atoms with van der Waals surface area (Å²) in [6, 6.07) is 11.1. The Kier molecular flexibility index (Phi) is 4.25. The fraction of sp³-hybridized carbons (Fsp3) is 0.188. The van der Waals surface area contributed by atoms with Crippen LogP contribution in [0.3, 0.4) is 0 Å². The first-order valence-corrected chi connectivity index (χ1v) is 7.98. The lowest BCUT2D eigenvalue weighted by Gasteiger charge is -2.08. The van der Waals surface area contributed by atoms with Crippen molar-refractivity contribution in [3.8, 4) is 0 Å². The molecule has 0 heterocycles. The van der Waals surface area contributed by atoms with Crippen LogP contribution in [-0.4, -0.2) is 18.8 Å². The minimum atomic E-state index is -4.32. The molecule has 110 valence electrons. The van der Waals surface area contributed by atoms with Crippen molar-refractivity contribution in [3.63, 3.8) is 0 Å². The number of ketones is 1. The summed E-state index contributed by atoms with van der Waals surface area (Å²) < 4.78 is 31.4. The Morgan fingerprint density at radius 3 is 2.48 bits per heavy atom. The molecule has 2 aromatic rings. The third-order valence-corrected chi connectivity index (χ3v) is 4.20. The van der Waals surface area contributed by atoms with Gasteiger partial charge in [0.05, 0.1) is 4.90 Å². The zero-order valence-electron chi connectivity index (χ0n) is 11.8. The monoisotopic (exact) mass is 304 g/mol. The highest BCUT2D eigenvalue weighted by Crippen LogP contribution is 2.19. The molecule has 0 aliphatic rings. The minimum absolute atomic E-state index is 0.237. The number of aryl methyl sites for hydroxylation is 2. The van der Waals surface area contributed by atoms with Gasteiger partial charge in [-0.1, -0.05) is 31.2 Å². The minimum Gasteiger partial charge on any atom is -0.289 e. The summed E-state index contributed by atoms with van der Waals surface area (Å²) in [5, 5.41) is 0. The number of hydrogen-bond acceptors (Lipinski definition) is 3. The second-order valence-corrected chi connectivity index (χ2v) is 6.26. The maximum absolute atomic E-state index is 12.5. The van der Waals surface area contributed by atoms with Crippen LogP contribution >= 0.6 is 0 Å². The molecule has 0 radical (unpaired) electrons. The van der Waals surface area contributed by atoms with E-state index in [1.807, 2.05) is 32.0 Å². The summed E-state index contributed by atoms with van der Waals surface area (Å²) >= 11 is 0. The molecule has 0 saturated heterocycles. The van der Waals surface area contributed by atoms with E-state index in [9.17, 15) is 13.2 Å². The molecule has 0 amide bonds. The van der Waals surface area contributed by atoms with E-state index in [2.05, 4.69) is 0 Å². The molecule has 0 spiro atoms. The Balaban J connectivity index is 2.50. The highest BCUT2D eigenvalue weighted by Gasteiger charge is 2.16. The van der Waals surface area contributed by atoms with Crippen LogP contribution in [0.5, 0.6) is 0 Å². The van der Waals surface area contributed by atoms with E-state index in [0.29, 0.717) is 5.56 Å². The van der Waals surface area contributed by atoms with Crippen molar-refractivity contribution in [3.05, 3.63) is 64.7 Å². The van der Waals surface area contributed by atoms with E-state index < -0.39 is 10.1 Å². The van der Waals surface area contributed by atoms with Crippen LogP contribution in [0.15, 0.2) is 47.4 Å². The Morgan fingerprint density at radius 1 is 1.14 bits per heavy atom. The summed E-state index contributed by atoms with van der Waals surface area (Å²) in [6.45, 7) is 3.83. The Bertz CT molecular complexity index is 792. The molecule has 0 bridgehead atoms. The van der Waals surface area contributed by atoms with Gasteiger partial charge < -0.3 is 0 Å². The molecular weight excluding hydrogens is 288 g/mol. The highest BCUT2D eigenvalue weighted by atomic mass is 32.2. The maximum atomic E-state index is 12.5. The molecule has 0 aromatic heterocycles. The quantitative estimate of drug-likeness (QED) is 0.696. The maximum Gasteiger partial charge on any atom is 0.294 e. The zero-order valence-corrected chi connectivity index (χ0v) is 12.6. The first-order valence-electron chi connectivity index (χ1n) is 6.54. The third kappa shape index (κ3) is 3.37. The molecule has 21 heavy (non-hydrogen) atoms. The van der Waals surface area contributed by atoms with Crippen LogP contribution in [0.4, 0.5) is 0 Å². The SMILES string of the molecule is CCc1ccc(C)c(C(=O)c2cccc(S(=O)(=O)O)c2)c1. The predicted molar refractivity (Wildman–Crippen MR) is 80.2 cm³/mol. The van der Waals surface area contributed by atoms with Gasteiger partial charge in [-0.2, -0.15) is 8.42 Å². The van der Waals surface area contributed by atoms with Crippen molar-refractivity contribution in [2.24, 2.45) is 0 Å². The van der Waals surface area contributed by atoms with Gasteiger partial charge in [0.1, 0.15) is 0 Å². The van der Waals surface area contributed by atoms with Crippen molar-refractivity contribution in [2.45, 2.75) is 25.2 Å². The number of hydrogen-bond donors (Lipinski definition) is 1. The fourth-order valence-electron chi connectivity index (χ4n) is 2.09. The van der Waals surface area contributed by atoms with Crippen LogP contribution in [0.1, 0.15) is 34.0 Å². The molecule has 4 nitrogen and oxygen atoms in total. The molecule has 0 fully saturated rings. The average Bonchev–Trinajstić information content (AvgIpc) is 2.46. The van der Waals surface area contributed by atoms with Gasteiger partial charge in [0, 0.05) is 11.1 Å². The van der Waals surface area contributed by atoms with Gasteiger partial charge in [0.2, 0.25) is 0 Å². The summed E-state index contributed by atoms with van der Waals surface area (Å²) in [7, 11) is -4.32. The highest BCUT2D eigenvalue weighted by molar-refractivity contribution is 7.85. The summed E-state index contributed by atoms with van der Waals surface area (Å²) in [4.78, 5) is 12.3. The normalized spacial score (nSPS) is 11.4. The third-order valence-electron chi connectivity index (χ3n) is 3.35. The molecule has 2 rings (SSSR count). The number of carbonyl (C=O) groups is 1. The first kappa shape index (κ1) is 15.4. The largest absolute Gasteiger partial charge is 0.294 e. The first-order chi connectivity index (χ1) is 9.82. The van der Waals surface area contributed by atoms with E-state index in [1.165, 1.54) is 24.3 Å². The second-order valence-electron chi connectivity index (χ2n) is 4.83. The molecule has 5 heteroatoms. The lowest BCUT2D eigenvalue weighted by atomic mass is 9.96. The van der Waals surface area contributed by atoms with Gasteiger partial charge in [-0.25, -0.2) is 0 Å². The van der Waals surface area contributed by atoms with E-state index in [1.54, 1.807) is 0 Å². The summed E-state index contributed by atoms with van der Waals surface area (Å²) in [5.74, 6) is -0.256. The van der Waals surface area contributed by atoms with Gasteiger partial charge >= 0.3 is 0 Å². The van der Waals surface area contributed by atoms with Crippen molar-refractivity contribution in [1.82, 2.24) is 0 Å². The smallest absolute Gasteiger partial charge is 0.289 e. The predicted octanol–water partition coefficient (Wildman–Crippen LogP) is 3.04. The van der Waals surface area contributed by atoms with E-state index in [0.717, 1.165) is 17.5 Å². The Morgan fingerprint density at radius 2 is 1.86 bits per heavy atom. The van der Waals surface area contributed by atoms with Gasteiger partial charge in [0.15, 0.2) is 5.78 Å². The molecule has 1 N–H and O–H groups in total. The van der Waals surface area contributed by atoms with Crippen LogP contribution in [0.2, 0.25) is 0 Å². The fourth-order valence-corrected chi connectivity index (χ4v) is 2.61. The zero-order chi connectivity index (χ0) is 15.6. The van der Waals surface area contributed by atoms with Crippen LogP contribution < -0.4 is 0 Å². The van der Waals surface area contributed by atoms with Crippen LogP contribution in [0, 0.1) is 6.92 Å². The van der Waals surface area contributed by atoms with Gasteiger partial charge in [0.25, 0.3) is 10.1 Å². The topological polar surface area (TPSA) is 71.4 Å². The number of carbonyl (C=O) groups excluding carboxylic acids is 1. The van der Waals surface area contributed by atoms with Gasteiger partial charge in [-0.3, -0.25) is 9.35 Å². The molecular formula is C16H16O4S. The molecule has 0 aliphatic heterocycles. The van der Waals surface area contributed by atoms with Gasteiger partial charge in [-0.05, 0) is 42.7 Å². The molecule has 2 aromatic carbocycles.